The third kappa shape index (κ3) is 3.77. The van der Waals surface area contributed by atoms with E-state index in [1.54, 1.807) is 0 Å². The maximum atomic E-state index is 4.67. The van der Waals surface area contributed by atoms with Gasteiger partial charge in [0, 0.05) is 33.3 Å². The first-order chi connectivity index (χ1) is 12.0. The molecule has 25 heavy (non-hydrogen) atoms. The zero-order chi connectivity index (χ0) is 18.0. The highest BCUT2D eigenvalue weighted by atomic mass is 79.9. The number of hydrogen-bond donors (Lipinski definition) is 0. The second kappa shape index (κ2) is 7.40. The van der Waals surface area contributed by atoms with Crippen LogP contribution in [0.5, 0.6) is 0 Å². The topological polar surface area (TPSA) is 17.3 Å². The maximum Gasteiger partial charge on any atom is 0.0772 e. The predicted octanol–water partition coefficient (Wildman–Crippen LogP) is 6.48. The molecule has 2 nitrogen and oxygen atoms in total. The molecule has 0 fully saturated rings. The number of aliphatic imine (C=N–C) groups is 1. The van der Waals surface area contributed by atoms with Crippen molar-refractivity contribution < 1.29 is 0 Å². The average Bonchev–Trinajstić information content (AvgIpc) is 2.88. The van der Waals surface area contributed by atoms with Crippen molar-refractivity contribution in [3.05, 3.63) is 81.1 Å². The zero-order valence-electron chi connectivity index (χ0n) is 15.2. The summed E-state index contributed by atoms with van der Waals surface area (Å²) in [5.74, 6) is 0. The van der Waals surface area contributed by atoms with Gasteiger partial charge in [0.25, 0.3) is 0 Å². The van der Waals surface area contributed by atoms with Crippen LogP contribution in [0, 0.1) is 20.8 Å². The van der Waals surface area contributed by atoms with Crippen LogP contribution in [0.15, 0.2) is 58.0 Å². The molecule has 0 N–H and O–H groups in total. The summed E-state index contributed by atoms with van der Waals surface area (Å²) in [5.41, 5.74) is 8.28. The van der Waals surface area contributed by atoms with Crippen LogP contribution in [0.4, 0.5) is 5.69 Å². The van der Waals surface area contributed by atoms with Crippen LogP contribution >= 0.6 is 15.9 Å². The number of aryl methyl sites for hydroxylation is 3. The normalized spacial score (nSPS) is 11.4. The van der Waals surface area contributed by atoms with E-state index in [1.165, 1.54) is 28.2 Å². The molecule has 0 atom stereocenters. The lowest BCUT2D eigenvalue weighted by Gasteiger charge is -2.10. The molecule has 3 aromatic rings. The number of hydrogen-bond acceptors (Lipinski definition) is 1. The Balaban J connectivity index is 1.94. The molecule has 0 unspecified atom stereocenters. The van der Waals surface area contributed by atoms with Crippen LogP contribution in [0.2, 0.25) is 0 Å². The Morgan fingerprint density at radius 3 is 2.36 bits per heavy atom. The maximum absolute atomic E-state index is 4.67. The van der Waals surface area contributed by atoms with Crippen molar-refractivity contribution >= 4 is 27.8 Å². The van der Waals surface area contributed by atoms with Crippen LogP contribution < -0.4 is 0 Å². The summed E-state index contributed by atoms with van der Waals surface area (Å²) < 4.78 is 3.30. The van der Waals surface area contributed by atoms with Crippen molar-refractivity contribution in [2.45, 2.75) is 34.1 Å². The van der Waals surface area contributed by atoms with Crippen LogP contribution in [0.1, 0.15) is 35.0 Å². The fourth-order valence-electron chi connectivity index (χ4n) is 3.05. The summed E-state index contributed by atoms with van der Waals surface area (Å²) in [5, 5.41) is 0. The van der Waals surface area contributed by atoms with E-state index in [9.17, 15) is 0 Å². The monoisotopic (exact) mass is 394 g/mol. The van der Waals surface area contributed by atoms with Gasteiger partial charge in [-0.15, -0.1) is 0 Å². The number of aromatic nitrogens is 1. The Morgan fingerprint density at radius 2 is 1.72 bits per heavy atom. The van der Waals surface area contributed by atoms with Gasteiger partial charge in [-0.1, -0.05) is 25.1 Å². The number of rotatable bonds is 4. The van der Waals surface area contributed by atoms with Gasteiger partial charge in [0.05, 0.1) is 5.69 Å². The molecule has 0 amide bonds. The molecule has 1 aromatic heterocycles. The molecule has 1 heterocycles. The Labute approximate surface area is 158 Å². The lowest BCUT2D eigenvalue weighted by atomic mass is 10.1. The van der Waals surface area contributed by atoms with E-state index in [1.807, 2.05) is 12.3 Å². The van der Waals surface area contributed by atoms with E-state index < -0.39 is 0 Å². The van der Waals surface area contributed by atoms with Gasteiger partial charge in [0.2, 0.25) is 0 Å². The van der Waals surface area contributed by atoms with E-state index in [-0.39, 0.29) is 0 Å². The fraction of sp³-hybridized carbons (Fsp3) is 0.227. The Morgan fingerprint density at radius 1 is 1.00 bits per heavy atom. The van der Waals surface area contributed by atoms with Crippen LogP contribution in [0.25, 0.3) is 5.69 Å². The fourth-order valence-corrected chi connectivity index (χ4v) is 3.65. The lowest BCUT2D eigenvalue weighted by Crippen LogP contribution is -1.99. The largest absolute Gasteiger partial charge is 0.318 e. The van der Waals surface area contributed by atoms with Gasteiger partial charge in [-0.2, -0.15) is 0 Å². The first-order valence-electron chi connectivity index (χ1n) is 8.58. The summed E-state index contributed by atoms with van der Waals surface area (Å²) in [6, 6.07) is 17.2. The van der Waals surface area contributed by atoms with E-state index in [2.05, 4.69) is 95.6 Å². The van der Waals surface area contributed by atoms with Crippen molar-refractivity contribution in [3.8, 4) is 5.69 Å². The molecule has 3 rings (SSSR count). The average molecular weight is 395 g/mol. The Bertz CT molecular complexity index is 918. The summed E-state index contributed by atoms with van der Waals surface area (Å²) in [4.78, 5) is 4.67. The van der Waals surface area contributed by atoms with Gasteiger partial charge >= 0.3 is 0 Å². The first-order valence-corrected chi connectivity index (χ1v) is 9.37. The SMILES string of the molecule is CCc1ccc(-n2c(C)cc(C=Nc3ccc(C)cc3Br)c2C)cc1. The minimum absolute atomic E-state index is 0.947. The number of benzene rings is 2. The molecule has 0 radical (unpaired) electrons. The Hall–Kier alpha value is -2.13. The summed E-state index contributed by atoms with van der Waals surface area (Å²) in [6.45, 7) is 8.54. The molecule has 128 valence electrons. The standard InChI is InChI=1S/C22H23BrN2/c1-5-18-7-9-20(10-8-18)25-16(3)13-19(17(25)4)14-24-22-11-6-15(2)12-21(22)23/h6-14H,5H2,1-4H3. The zero-order valence-corrected chi connectivity index (χ0v) is 16.8. The van der Waals surface area contributed by atoms with E-state index in [0.29, 0.717) is 0 Å². The smallest absolute Gasteiger partial charge is 0.0772 e. The third-order valence-electron chi connectivity index (χ3n) is 4.52. The van der Waals surface area contributed by atoms with Gasteiger partial charge in [-0.3, -0.25) is 4.99 Å². The molecular weight excluding hydrogens is 372 g/mol. The van der Waals surface area contributed by atoms with Gasteiger partial charge in [-0.05, 0) is 84.6 Å². The third-order valence-corrected chi connectivity index (χ3v) is 5.15. The molecule has 3 heteroatoms. The van der Waals surface area contributed by atoms with Gasteiger partial charge in [-0.25, -0.2) is 0 Å². The Kier molecular flexibility index (Phi) is 5.24. The molecule has 0 bridgehead atoms. The van der Waals surface area contributed by atoms with E-state index in [0.717, 1.165) is 22.1 Å². The second-order valence-corrected chi connectivity index (χ2v) is 7.25. The van der Waals surface area contributed by atoms with Crippen molar-refractivity contribution in [2.75, 3.05) is 0 Å². The highest BCUT2D eigenvalue weighted by molar-refractivity contribution is 9.10. The highest BCUT2D eigenvalue weighted by Gasteiger charge is 2.09. The summed E-state index contributed by atoms with van der Waals surface area (Å²) in [7, 11) is 0. The summed E-state index contributed by atoms with van der Waals surface area (Å²) in [6.07, 6.45) is 3.02. The van der Waals surface area contributed by atoms with Crippen molar-refractivity contribution in [2.24, 2.45) is 4.99 Å². The summed E-state index contributed by atoms with van der Waals surface area (Å²) >= 11 is 3.59. The van der Waals surface area contributed by atoms with Crippen LogP contribution in [0.3, 0.4) is 0 Å². The molecule has 2 aromatic carbocycles. The molecular formula is C22H23BrN2. The predicted molar refractivity (Wildman–Crippen MR) is 111 cm³/mol. The molecule has 0 aliphatic rings. The molecule has 0 spiro atoms. The van der Waals surface area contributed by atoms with Gasteiger partial charge in [0.1, 0.15) is 0 Å². The van der Waals surface area contributed by atoms with Crippen LogP contribution in [-0.2, 0) is 6.42 Å². The minimum atomic E-state index is 0.947. The van der Waals surface area contributed by atoms with E-state index >= 15 is 0 Å². The van der Waals surface area contributed by atoms with Crippen molar-refractivity contribution in [1.29, 1.82) is 0 Å². The van der Waals surface area contributed by atoms with Crippen molar-refractivity contribution in [3.63, 3.8) is 0 Å². The highest BCUT2D eigenvalue weighted by Crippen LogP contribution is 2.27. The molecule has 0 aliphatic carbocycles. The minimum Gasteiger partial charge on any atom is -0.318 e. The molecule has 0 saturated carbocycles. The quantitative estimate of drug-likeness (QED) is 0.450. The van der Waals surface area contributed by atoms with Gasteiger partial charge in [0.15, 0.2) is 0 Å². The lowest BCUT2D eigenvalue weighted by molar-refractivity contribution is 0.962. The second-order valence-electron chi connectivity index (χ2n) is 6.39. The molecule has 0 saturated heterocycles. The first kappa shape index (κ1) is 17.7. The van der Waals surface area contributed by atoms with E-state index in [4.69, 9.17) is 0 Å². The van der Waals surface area contributed by atoms with Gasteiger partial charge < -0.3 is 4.57 Å². The van der Waals surface area contributed by atoms with Crippen molar-refractivity contribution in [1.82, 2.24) is 4.57 Å². The molecule has 0 aliphatic heterocycles. The number of halogens is 1. The van der Waals surface area contributed by atoms with Crippen LogP contribution in [-0.4, -0.2) is 10.8 Å². The number of nitrogens with zero attached hydrogens (tertiary/aromatic N) is 2.